The predicted molar refractivity (Wildman–Crippen MR) is 95.0 cm³/mol. The van der Waals surface area contributed by atoms with Crippen LogP contribution in [-0.4, -0.2) is 17.4 Å². The molecule has 1 amide bonds. The number of carbonyl (C=O) groups excluding carboxylic acids is 1. The number of nitrogens with zero attached hydrogens (tertiary/aromatic N) is 1. The Morgan fingerprint density at radius 3 is 2.64 bits per heavy atom. The maximum Gasteiger partial charge on any atom is 0.255 e. The molecule has 0 unspecified atom stereocenters. The lowest BCUT2D eigenvalue weighted by Crippen LogP contribution is -2.27. The zero-order valence-corrected chi connectivity index (χ0v) is 14.5. The van der Waals surface area contributed by atoms with Crippen LogP contribution in [0.25, 0.3) is 10.6 Å². The SMILES string of the molecule is O=C(NCCc1csc(-c2ccc(F)cc2)n1)c1c(F)cccc1Cl. The van der Waals surface area contributed by atoms with Crippen molar-refractivity contribution in [2.24, 2.45) is 0 Å². The number of carbonyl (C=O) groups is 1. The average Bonchev–Trinajstić information content (AvgIpc) is 3.04. The van der Waals surface area contributed by atoms with Gasteiger partial charge in [-0.25, -0.2) is 13.8 Å². The zero-order valence-electron chi connectivity index (χ0n) is 12.9. The number of hydrogen-bond acceptors (Lipinski definition) is 3. The first kappa shape index (κ1) is 17.5. The van der Waals surface area contributed by atoms with E-state index >= 15 is 0 Å². The molecule has 0 aliphatic rings. The second-order valence-corrected chi connectivity index (χ2v) is 6.52. The Hall–Kier alpha value is -2.31. The number of hydrogen-bond donors (Lipinski definition) is 1. The third kappa shape index (κ3) is 4.21. The van der Waals surface area contributed by atoms with E-state index in [-0.39, 0.29) is 16.4 Å². The van der Waals surface area contributed by atoms with Gasteiger partial charge in [0.1, 0.15) is 16.6 Å². The highest BCUT2D eigenvalue weighted by molar-refractivity contribution is 7.13. The molecule has 25 heavy (non-hydrogen) atoms. The largest absolute Gasteiger partial charge is 0.352 e. The van der Waals surface area contributed by atoms with Crippen molar-refractivity contribution in [1.29, 1.82) is 0 Å². The molecule has 3 rings (SSSR count). The molecule has 2 aromatic carbocycles. The molecule has 0 aliphatic carbocycles. The summed E-state index contributed by atoms with van der Waals surface area (Å²) in [5, 5.41) is 5.36. The Labute approximate surface area is 152 Å². The van der Waals surface area contributed by atoms with E-state index in [1.165, 1.54) is 41.7 Å². The monoisotopic (exact) mass is 378 g/mol. The molecule has 3 nitrogen and oxygen atoms in total. The quantitative estimate of drug-likeness (QED) is 0.698. The Kier molecular flexibility index (Phi) is 5.40. The standard InChI is InChI=1S/C18H13ClF2N2OS/c19-14-2-1-3-15(21)16(14)17(24)22-9-8-13-10-25-18(23-13)11-4-6-12(20)7-5-11/h1-7,10H,8-9H2,(H,22,24). The van der Waals surface area contributed by atoms with E-state index in [0.29, 0.717) is 13.0 Å². The van der Waals surface area contributed by atoms with E-state index in [1.807, 2.05) is 5.38 Å². The fourth-order valence-electron chi connectivity index (χ4n) is 2.25. The van der Waals surface area contributed by atoms with Crippen LogP contribution in [0.4, 0.5) is 8.78 Å². The molecule has 0 spiro atoms. The van der Waals surface area contributed by atoms with Crippen molar-refractivity contribution in [3.8, 4) is 10.6 Å². The second kappa shape index (κ2) is 7.72. The number of amides is 1. The van der Waals surface area contributed by atoms with Gasteiger partial charge in [0.05, 0.1) is 16.3 Å². The van der Waals surface area contributed by atoms with Crippen LogP contribution in [0.5, 0.6) is 0 Å². The Morgan fingerprint density at radius 2 is 1.92 bits per heavy atom. The van der Waals surface area contributed by atoms with Crippen molar-refractivity contribution in [3.63, 3.8) is 0 Å². The van der Waals surface area contributed by atoms with Gasteiger partial charge in [-0.3, -0.25) is 4.79 Å². The van der Waals surface area contributed by atoms with Crippen molar-refractivity contribution in [2.45, 2.75) is 6.42 Å². The summed E-state index contributed by atoms with van der Waals surface area (Å²) >= 11 is 7.31. The number of rotatable bonds is 5. The molecule has 0 radical (unpaired) electrons. The summed E-state index contributed by atoms with van der Waals surface area (Å²) in [5.41, 5.74) is 1.47. The summed E-state index contributed by atoms with van der Waals surface area (Å²) in [6, 6.07) is 10.2. The highest BCUT2D eigenvalue weighted by Gasteiger charge is 2.15. The number of benzene rings is 2. The van der Waals surface area contributed by atoms with Gasteiger partial charge >= 0.3 is 0 Å². The maximum absolute atomic E-state index is 13.7. The fourth-order valence-corrected chi connectivity index (χ4v) is 3.36. The summed E-state index contributed by atoms with van der Waals surface area (Å²) in [7, 11) is 0. The Morgan fingerprint density at radius 1 is 1.16 bits per heavy atom. The topological polar surface area (TPSA) is 42.0 Å². The lowest BCUT2D eigenvalue weighted by atomic mass is 10.2. The van der Waals surface area contributed by atoms with Crippen LogP contribution in [0.15, 0.2) is 47.8 Å². The van der Waals surface area contributed by atoms with E-state index in [0.717, 1.165) is 16.3 Å². The average molecular weight is 379 g/mol. The number of thiazole rings is 1. The minimum Gasteiger partial charge on any atom is -0.352 e. The molecule has 7 heteroatoms. The molecular formula is C18H13ClF2N2OS. The van der Waals surface area contributed by atoms with Crippen LogP contribution in [0.2, 0.25) is 5.02 Å². The van der Waals surface area contributed by atoms with Crippen molar-refractivity contribution >= 4 is 28.8 Å². The molecule has 0 bridgehead atoms. The van der Waals surface area contributed by atoms with E-state index in [2.05, 4.69) is 10.3 Å². The van der Waals surface area contributed by atoms with E-state index in [4.69, 9.17) is 11.6 Å². The molecule has 1 heterocycles. The summed E-state index contributed by atoms with van der Waals surface area (Å²) in [6.07, 6.45) is 0.496. The van der Waals surface area contributed by atoms with Crippen molar-refractivity contribution in [3.05, 3.63) is 75.8 Å². The summed E-state index contributed by atoms with van der Waals surface area (Å²) in [5.74, 6) is -1.51. The number of halogens is 3. The van der Waals surface area contributed by atoms with Gasteiger partial charge in [-0.2, -0.15) is 0 Å². The highest BCUT2D eigenvalue weighted by atomic mass is 35.5. The number of aromatic nitrogens is 1. The Bertz CT molecular complexity index is 876. The molecule has 3 aromatic rings. The smallest absolute Gasteiger partial charge is 0.255 e. The van der Waals surface area contributed by atoms with Crippen molar-refractivity contribution in [1.82, 2.24) is 10.3 Å². The molecule has 1 N–H and O–H groups in total. The van der Waals surface area contributed by atoms with Gasteiger partial charge in [-0.1, -0.05) is 17.7 Å². The molecular weight excluding hydrogens is 366 g/mol. The summed E-state index contributed by atoms with van der Waals surface area (Å²) < 4.78 is 26.6. The van der Waals surface area contributed by atoms with Crippen molar-refractivity contribution < 1.29 is 13.6 Å². The lowest BCUT2D eigenvalue weighted by molar-refractivity contribution is 0.0950. The van der Waals surface area contributed by atoms with Gasteiger partial charge in [0, 0.05) is 23.9 Å². The van der Waals surface area contributed by atoms with Crippen LogP contribution in [0.1, 0.15) is 16.1 Å². The first-order valence-electron chi connectivity index (χ1n) is 7.47. The van der Waals surface area contributed by atoms with E-state index in [1.54, 1.807) is 12.1 Å². The highest BCUT2D eigenvalue weighted by Crippen LogP contribution is 2.24. The second-order valence-electron chi connectivity index (χ2n) is 5.25. The van der Waals surface area contributed by atoms with Crippen LogP contribution in [-0.2, 0) is 6.42 Å². The third-order valence-corrected chi connectivity index (χ3v) is 4.75. The number of nitrogens with one attached hydrogen (secondary N) is 1. The first-order chi connectivity index (χ1) is 12.0. The third-order valence-electron chi connectivity index (χ3n) is 3.50. The summed E-state index contributed by atoms with van der Waals surface area (Å²) in [4.78, 5) is 16.5. The summed E-state index contributed by atoms with van der Waals surface area (Å²) in [6.45, 7) is 0.302. The predicted octanol–water partition coefficient (Wildman–Crippen LogP) is 4.71. The molecule has 128 valence electrons. The lowest BCUT2D eigenvalue weighted by Gasteiger charge is -2.06. The van der Waals surface area contributed by atoms with E-state index in [9.17, 15) is 13.6 Å². The zero-order chi connectivity index (χ0) is 17.8. The molecule has 0 fully saturated rings. The van der Waals surface area contributed by atoms with Crippen molar-refractivity contribution in [2.75, 3.05) is 6.54 Å². The van der Waals surface area contributed by atoms with Gasteiger partial charge in [0.2, 0.25) is 0 Å². The van der Waals surface area contributed by atoms with Crippen LogP contribution >= 0.6 is 22.9 Å². The van der Waals surface area contributed by atoms with Crippen LogP contribution in [0, 0.1) is 11.6 Å². The van der Waals surface area contributed by atoms with Gasteiger partial charge in [0.25, 0.3) is 5.91 Å². The molecule has 1 aromatic heterocycles. The van der Waals surface area contributed by atoms with Gasteiger partial charge in [-0.05, 0) is 36.4 Å². The van der Waals surface area contributed by atoms with Gasteiger partial charge < -0.3 is 5.32 Å². The fraction of sp³-hybridized carbons (Fsp3) is 0.111. The van der Waals surface area contributed by atoms with Crippen LogP contribution < -0.4 is 5.32 Å². The molecule has 0 aliphatic heterocycles. The van der Waals surface area contributed by atoms with Crippen LogP contribution in [0.3, 0.4) is 0 Å². The Balaban J connectivity index is 1.59. The first-order valence-corrected chi connectivity index (χ1v) is 8.73. The van der Waals surface area contributed by atoms with Gasteiger partial charge in [0.15, 0.2) is 0 Å². The van der Waals surface area contributed by atoms with E-state index < -0.39 is 11.7 Å². The van der Waals surface area contributed by atoms with Gasteiger partial charge in [-0.15, -0.1) is 11.3 Å². The molecule has 0 atom stereocenters. The molecule has 0 saturated carbocycles. The minimum absolute atomic E-state index is 0.0738. The maximum atomic E-state index is 13.7. The normalized spacial score (nSPS) is 10.7. The molecule has 0 saturated heterocycles. The minimum atomic E-state index is -0.655.